The first-order valence-corrected chi connectivity index (χ1v) is 5.41. The molecule has 0 atom stereocenters. The number of hydrogen-bond acceptors (Lipinski definition) is 3. The van der Waals surface area contributed by atoms with Crippen LogP contribution in [0.1, 0.15) is 0 Å². The summed E-state index contributed by atoms with van der Waals surface area (Å²) < 4.78 is 2.00. The Hall–Kier alpha value is -1.42. The summed E-state index contributed by atoms with van der Waals surface area (Å²) >= 11 is 1.71. The van der Waals surface area contributed by atoms with Crippen LogP contribution in [-0.2, 0) is 0 Å². The van der Waals surface area contributed by atoms with Crippen LogP contribution in [0.15, 0.2) is 35.5 Å². The molecule has 0 aliphatic carbocycles. The van der Waals surface area contributed by atoms with Gasteiger partial charge < -0.3 is 5.73 Å². The highest BCUT2D eigenvalue weighted by Crippen LogP contribution is 2.29. The van der Waals surface area contributed by atoms with E-state index < -0.39 is 0 Å². The maximum Gasteiger partial charge on any atom is 0.175 e. The summed E-state index contributed by atoms with van der Waals surface area (Å²) in [6, 6.07) is 8.04. The number of rotatable bonds is 0. The molecule has 0 unspecified atom stereocenters. The lowest BCUT2D eigenvalue weighted by molar-refractivity contribution is 0.916. The van der Waals surface area contributed by atoms with Crippen LogP contribution < -0.4 is 5.73 Å². The zero-order valence-corrected chi connectivity index (χ0v) is 8.29. The van der Waals surface area contributed by atoms with E-state index in [-0.39, 0.29) is 0 Å². The largest absolute Gasteiger partial charge is 0.385 e. The molecule has 2 N–H and O–H groups in total. The van der Waals surface area contributed by atoms with E-state index in [0.29, 0.717) is 0 Å². The maximum atomic E-state index is 5.93. The minimum absolute atomic E-state index is 0.785. The Bertz CT molecular complexity index is 527. The topological polar surface area (TPSA) is 43.8 Å². The van der Waals surface area contributed by atoms with Crippen LogP contribution in [0.5, 0.6) is 0 Å². The fourth-order valence-electron chi connectivity index (χ4n) is 1.64. The van der Waals surface area contributed by atoms with Crippen LogP contribution in [0.25, 0.3) is 16.9 Å². The van der Waals surface area contributed by atoms with E-state index in [2.05, 4.69) is 4.98 Å². The van der Waals surface area contributed by atoms with Gasteiger partial charge in [-0.3, -0.25) is 4.57 Å². The van der Waals surface area contributed by atoms with Gasteiger partial charge in [-0.1, -0.05) is 23.9 Å². The third-order valence-corrected chi connectivity index (χ3v) is 3.16. The van der Waals surface area contributed by atoms with Crippen molar-refractivity contribution in [2.75, 3.05) is 5.75 Å². The molecule has 2 aromatic rings. The molecule has 1 aromatic carbocycles. The fraction of sp³-hybridized carbons (Fsp3) is 0.100. The van der Waals surface area contributed by atoms with Crippen molar-refractivity contribution in [3.05, 3.63) is 30.3 Å². The van der Waals surface area contributed by atoms with Crippen molar-refractivity contribution < 1.29 is 0 Å². The number of hydrogen-bond donors (Lipinski definition) is 1. The second-order valence-corrected chi connectivity index (χ2v) is 4.15. The van der Waals surface area contributed by atoms with Crippen LogP contribution in [-0.4, -0.2) is 15.3 Å². The van der Waals surface area contributed by atoms with E-state index in [1.54, 1.807) is 11.8 Å². The summed E-state index contributed by atoms with van der Waals surface area (Å²) in [5.74, 6) is 1.70. The van der Waals surface area contributed by atoms with E-state index in [9.17, 15) is 0 Å². The number of benzene rings is 1. The average Bonchev–Trinajstić information content (AvgIpc) is 2.57. The number of nitrogens with two attached hydrogens (primary N) is 1. The normalized spacial score (nSPS) is 15.3. The summed E-state index contributed by atoms with van der Waals surface area (Å²) in [7, 11) is 0. The van der Waals surface area contributed by atoms with Crippen molar-refractivity contribution in [3.8, 4) is 0 Å². The summed E-state index contributed by atoms with van der Waals surface area (Å²) in [4.78, 5) is 4.51. The lowest BCUT2D eigenvalue weighted by atomic mass is 10.3. The Morgan fingerprint density at radius 3 is 3.14 bits per heavy atom. The Balaban J connectivity index is 2.42. The smallest absolute Gasteiger partial charge is 0.175 e. The predicted octanol–water partition coefficient (Wildman–Crippen LogP) is 1.90. The molecule has 0 fully saturated rings. The Kier molecular flexibility index (Phi) is 1.58. The molecule has 0 bridgehead atoms. The molecule has 0 radical (unpaired) electrons. The van der Waals surface area contributed by atoms with Crippen molar-refractivity contribution >= 4 is 28.6 Å². The molecule has 3 rings (SSSR count). The molecule has 14 heavy (non-hydrogen) atoms. The lowest BCUT2D eigenvalue weighted by Crippen LogP contribution is -2.11. The van der Waals surface area contributed by atoms with E-state index >= 15 is 0 Å². The summed E-state index contributed by atoms with van der Waals surface area (Å²) in [5.41, 5.74) is 8.02. The average molecular weight is 203 g/mol. The van der Waals surface area contributed by atoms with Gasteiger partial charge in [-0.2, -0.15) is 0 Å². The van der Waals surface area contributed by atoms with Crippen molar-refractivity contribution in [1.29, 1.82) is 0 Å². The third kappa shape index (κ3) is 0.974. The molecule has 3 nitrogen and oxygen atoms in total. The molecule has 0 amide bonds. The Morgan fingerprint density at radius 2 is 2.21 bits per heavy atom. The van der Waals surface area contributed by atoms with Crippen LogP contribution in [0.3, 0.4) is 0 Å². The van der Waals surface area contributed by atoms with Crippen LogP contribution in [0.4, 0.5) is 0 Å². The van der Waals surface area contributed by atoms with Gasteiger partial charge in [0.25, 0.3) is 0 Å². The molecule has 1 aromatic heterocycles. The highest BCUT2D eigenvalue weighted by Gasteiger charge is 2.15. The Morgan fingerprint density at radius 1 is 1.36 bits per heavy atom. The maximum absolute atomic E-state index is 5.93. The van der Waals surface area contributed by atoms with E-state index in [1.807, 2.05) is 34.9 Å². The van der Waals surface area contributed by atoms with E-state index in [1.165, 1.54) is 0 Å². The van der Waals surface area contributed by atoms with Gasteiger partial charge in [0.15, 0.2) is 5.16 Å². The second kappa shape index (κ2) is 2.78. The highest BCUT2D eigenvalue weighted by molar-refractivity contribution is 7.99. The molecule has 4 heteroatoms. The van der Waals surface area contributed by atoms with Gasteiger partial charge in [0.1, 0.15) is 5.82 Å². The molecule has 0 saturated carbocycles. The van der Waals surface area contributed by atoms with Crippen LogP contribution in [0.2, 0.25) is 0 Å². The van der Waals surface area contributed by atoms with Crippen LogP contribution in [0, 0.1) is 0 Å². The van der Waals surface area contributed by atoms with Crippen molar-refractivity contribution in [1.82, 2.24) is 9.55 Å². The number of aromatic nitrogens is 2. The van der Waals surface area contributed by atoms with Gasteiger partial charge in [0.05, 0.1) is 11.0 Å². The number of para-hydroxylation sites is 2. The summed E-state index contributed by atoms with van der Waals surface area (Å²) in [6.45, 7) is 0. The first kappa shape index (κ1) is 7.94. The fourth-order valence-corrected chi connectivity index (χ4v) is 2.54. The predicted molar refractivity (Wildman–Crippen MR) is 58.9 cm³/mol. The molecule has 1 aliphatic heterocycles. The number of thioether (sulfide) groups is 1. The molecule has 70 valence electrons. The van der Waals surface area contributed by atoms with Crippen molar-refractivity contribution in [2.45, 2.75) is 5.16 Å². The zero-order chi connectivity index (χ0) is 9.54. The summed E-state index contributed by atoms with van der Waals surface area (Å²) in [6.07, 6.45) is 2.02. The standard InChI is InChI=1S/C10H9N3S/c11-9-5-6-14-10-12-7-3-1-2-4-8(7)13(9)10/h1-5H,6,11H2. The SMILES string of the molecule is NC1=CCSc2nc3ccccc3n21. The van der Waals surface area contributed by atoms with E-state index in [4.69, 9.17) is 5.73 Å². The minimum atomic E-state index is 0.785. The first-order valence-electron chi connectivity index (χ1n) is 4.42. The van der Waals surface area contributed by atoms with Gasteiger partial charge in [-0.25, -0.2) is 4.98 Å². The van der Waals surface area contributed by atoms with Gasteiger partial charge in [0, 0.05) is 5.75 Å². The van der Waals surface area contributed by atoms with Crippen molar-refractivity contribution in [2.24, 2.45) is 5.73 Å². The zero-order valence-electron chi connectivity index (χ0n) is 7.47. The van der Waals surface area contributed by atoms with Crippen molar-refractivity contribution in [3.63, 3.8) is 0 Å². The number of imidazole rings is 1. The summed E-state index contributed by atoms with van der Waals surface area (Å²) in [5, 5.41) is 0.992. The van der Waals surface area contributed by atoms with Gasteiger partial charge >= 0.3 is 0 Å². The Labute approximate surface area is 85.6 Å². The number of fused-ring (bicyclic) bond motifs is 3. The minimum Gasteiger partial charge on any atom is -0.385 e. The van der Waals surface area contributed by atoms with Gasteiger partial charge in [-0.05, 0) is 18.2 Å². The molecular formula is C10H9N3S. The lowest BCUT2D eigenvalue weighted by Gasteiger charge is -2.12. The van der Waals surface area contributed by atoms with E-state index in [0.717, 1.165) is 27.8 Å². The molecule has 0 saturated heterocycles. The second-order valence-electron chi connectivity index (χ2n) is 3.16. The molecule has 2 heterocycles. The van der Waals surface area contributed by atoms with Gasteiger partial charge in [0.2, 0.25) is 0 Å². The third-order valence-electron chi connectivity index (χ3n) is 2.29. The first-order chi connectivity index (χ1) is 6.86. The van der Waals surface area contributed by atoms with Gasteiger partial charge in [-0.15, -0.1) is 0 Å². The molecular weight excluding hydrogens is 194 g/mol. The molecule has 0 spiro atoms. The monoisotopic (exact) mass is 203 g/mol. The number of nitrogens with zero attached hydrogens (tertiary/aromatic N) is 2. The quantitative estimate of drug-likeness (QED) is 0.711. The highest BCUT2D eigenvalue weighted by atomic mass is 32.2. The molecule has 1 aliphatic rings. The van der Waals surface area contributed by atoms with Crippen LogP contribution >= 0.6 is 11.8 Å².